The molecule has 19 heavy (non-hydrogen) atoms. The first kappa shape index (κ1) is 13.9. The number of carbonyl (C=O) groups is 1. The SMILES string of the molecule is O=CCCSc1nnc(COc2ccccc2Cl)o1. The molecule has 1 aromatic heterocycles. The normalized spacial score (nSPS) is 10.4. The van der Waals surface area contributed by atoms with Crippen LogP contribution in [-0.2, 0) is 11.4 Å². The van der Waals surface area contributed by atoms with E-state index in [4.69, 9.17) is 20.8 Å². The fraction of sp³-hybridized carbons (Fsp3) is 0.250. The molecule has 0 aliphatic rings. The van der Waals surface area contributed by atoms with Crippen molar-refractivity contribution in [3.8, 4) is 5.75 Å². The zero-order valence-corrected chi connectivity index (χ0v) is 11.5. The minimum Gasteiger partial charge on any atom is -0.482 e. The number of nitrogens with zero attached hydrogens (tertiary/aromatic N) is 2. The molecule has 1 heterocycles. The van der Waals surface area contributed by atoms with Gasteiger partial charge in [0.15, 0.2) is 6.61 Å². The maximum atomic E-state index is 10.2. The van der Waals surface area contributed by atoms with E-state index in [-0.39, 0.29) is 6.61 Å². The first-order chi connectivity index (χ1) is 9.29. The molecule has 0 unspecified atom stereocenters. The number of carbonyl (C=O) groups excluding carboxylic acids is 1. The second kappa shape index (κ2) is 7.16. The molecule has 0 fully saturated rings. The highest BCUT2D eigenvalue weighted by molar-refractivity contribution is 7.99. The molecule has 0 saturated heterocycles. The fourth-order valence-electron chi connectivity index (χ4n) is 1.25. The first-order valence-corrected chi connectivity index (χ1v) is 6.92. The van der Waals surface area contributed by atoms with Crippen LogP contribution >= 0.6 is 23.4 Å². The molecule has 2 rings (SSSR count). The van der Waals surface area contributed by atoms with Crippen LogP contribution in [0.25, 0.3) is 0 Å². The smallest absolute Gasteiger partial charge is 0.276 e. The van der Waals surface area contributed by atoms with Gasteiger partial charge in [0, 0.05) is 12.2 Å². The molecule has 0 radical (unpaired) electrons. The second-order valence-corrected chi connectivity index (χ2v) is 4.94. The van der Waals surface area contributed by atoms with Crippen LogP contribution in [0.1, 0.15) is 12.3 Å². The fourth-order valence-corrected chi connectivity index (χ4v) is 2.08. The molecule has 7 heteroatoms. The Balaban J connectivity index is 1.86. The lowest BCUT2D eigenvalue weighted by molar-refractivity contribution is -0.107. The Kier molecular flexibility index (Phi) is 5.23. The Labute approximate surface area is 119 Å². The third-order valence-electron chi connectivity index (χ3n) is 2.10. The average Bonchev–Trinajstić information content (AvgIpc) is 2.86. The van der Waals surface area contributed by atoms with Gasteiger partial charge in [0.1, 0.15) is 12.0 Å². The number of halogens is 1. The van der Waals surface area contributed by atoms with E-state index < -0.39 is 0 Å². The molecule has 0 amide bonds. The van der Waals surface area contributed by atoms with Gasteiger partial charge in [-0.25, -0.2) is 0 Å². The van der Waals surface area contributed by atoms with E-state index >= 15 is 0 Å². The number of rotatable bonds is 7. The summed E-state index contributed by atoms with van der Waals surface area (Å²) < 4.78 is 10.8. The van der Waals surface area contributed by atoms with Gasteiger partial charge in [-0.3, -0.25) is 0 Å². The highest BCUT2D eigenvalue weighted by Crippen LogP contribution is 2.24. The minimum atomic E-state index is 0.158. The van der Waals surface area contributed by atoms with Gasteiger partial charge in [0.05, 0.1) is 5.02 Å². The van der Waals surface area contributed by atoms with Crippen molar-refractivity contribution in [2.24, 2.45) is 0 Å². The molecule has 1 aromatic carbocycles. The lowest BCUT2D eigenvalue weighted by Crippen LogP contribution is -1.95. The van der Waals surface area contributed by atoms with Gasteiger partial charge >= 0.3 is 0 Å². The van der Waals surface area contributed by atoms with Gasteiger partial charge in [-0.2, -0.15) is 0 Å². The van der Waals surface area contributed by atoms with Crippen LogP contribution in [0.4, 0.5) is 0 Å². The second-order valence-electron chi connectivity index (χ2n) is 3.48. The quantitative estimate of drug-likeness (QED) is 0.445. The summed E-state index contributed by atoms with van der Waals surface area (Å²) in [4.78, 5) is 10.2. The lowest BCUT2D eigenvalue weighted by atomic mass is 10.3. The molecule has 0 aliphatic carbocycles. The van der Waals surface area contributed by atoms with Crippen LogP contribution in [0.3, 0.4) is 0 Å². The molecule has 5 nitrogen and oxygen atoms in total. The van der Waals surface area contributed by atoms with Crippen molar-refractivity contribution < 1.29 is 13.9 Å². The highest BCUT2D eigenvalue weighted by atomic mass is 35.5. The summed E-state index contributed by atoms with van der Waals surface area (Å²) in [5.74, 6) is 1.56. The van der Waals surface area contributed by atoms with E-state index in [9.17, 15) is 4.79 Å². The standard InChI is InChI=1S/C12H11ClN2O3S/c13-9-4-1-2-5-10(9)17-8-11-14-15-12(18-11)19-7-3-6-16/h1-2,4-6H,3,7-8H2. The van der Waals surface area contributed by atoms with Crippen LogP contribution in [-0.4, -0.2) is 22.2 Å². The van der Waals surface area contributed by atoms with Crippen molar-refractivity contribution in [1.29, 1.82) is 0 Å². The first-order valence-electron chi connectivity index (χ1n) is 5.55. The zero-order valence-electron chi connectivity index (χ0n) is 9.91. The molecule has 0 atom stereocenters. The summed E-state index contributed by atoms with van der Waals surface area (Å²) in [5, 5.41) is 8.65. The Bertz CT molecular complexity index is 547. The zero-order chi connectivity index (χ0) is 13.5. The van der Waals surface area contributed by atoms with E-state index in [0.29, 0.717) is 34.1 Å². The van der Waals surface area contributed by atoms with Crippen molar-refractivity contribution in [2.75, 3.05) is 5.75 Å². The predicted octanol–water partition coefficient (Wildman–Crippen LogP) is 2.98. The highest BCUT2D eigenvalue weighted by Gasteiger charge is 2.08. The molecule has 0 aliphatic heterocycles. The van der Waals surface area contributed by atoms with E-state index in [1.165, 1.54) is 11.8 Å². The Hall–Kier alpha value is -1.53. The summed E-state index contributed by atoms with van der Waals surface area (Å²) in [6.07, 6.45) is 1.31. The Morgan fingerprint density at radius 3 is 3.00 bits per heavy atom. The molecule has 2 aromatic rings. The molecule has 0 saturated carbocycles. The van der Waals surface area contributed by atoms with Crippen molar-refractivity contribution in [3.05, 3.63) is 35.2 Å². The van der Waals surface area contributed by atoms with Crippen LogP contribution in [0.15, 0.2) is 33.9 Å². The van der Waals surface area contributed by atoms with Gasteiger partial charge < -0.3 is 13.9 Å². The van der Waals surface area contributed by atoms with Gasteiger partial charge in [-0.1, -0.05) is 35.5 Å². The molecule has 0 N–H and O–H groups in total. The number of hydrogen-bond acceptors (Lipinski definition) is 6. The number of aldehydes is 1. The Morgan fingerprint density at radius 2 is 2.21 bits per heavy atom. The third-order valence-corrected chi connectivity index (χ3v) is 3.26. The van der Waals surface area contributed by atoms with Crippen molar-refractivity contribution in [3.63, 3.8) is 0 Å². The minimum absolute atomic E-state index is 0.158. The van der Waals surface area contributed by atoms with Crippen LogP contribution < -0.4 is 4.74 Å². The molecular weight excluding hydrogens is 288 g/mol. The topological polar surface area (TPSA) is 65.2 Å². The lowest BCUT2D eigenvalue weighted by Gasteiger charge is -2.04. The maximum absolute atomic E-state index is 10.2. The van der Waals surface area contributed by atoms with Crippen molar-refractivity contribution in [1.82, 2.24) is 10.2 Å². The van der Waals surface area contributed by atoms with Gasteiger partial charge in [-0.05, 0) is 12.1 Å². The van der Waals surface area contributed by atoms with Crippen molar-refractivity contribution in [2.45, 2.75) is 18.3 Å². The van der Waals surface area contributed by atoms with Gasteiger partial charge in [0.25, 0.3) is 11.1 Å². The molecule has 0 spiro atoms. The number of ether oxygens (including phenoxy) is 1. The van der Waals surface area contributed by atoms with Crippen LogP contribution in [0.2, 0.25) is 5.02 Å². The van der Waals surface area contributed by atoms with E-state index in [0.717, 1.165) is 6.29 Å². The number of para-hydroxylation sites is 1. The third kappa shape index (κ3) is 4.25. The number of aromatic nitrogens is 2. The summed E-state index contributed by atoms with van der Waals surface area (Å²) in [7, 11) is 0. The van der Waals surface area contributed by atoms with Crippen molar-refractivity contribution >= 4 is 29.6 Å². The summed E-state index contributed by atoms with van der Waals surface area (Å²) in [6, 6.07) is 7.16. The molecular formula is C12H11ClN2O3S. The van der Waals surface area contributed by atoms with Gasteiger partial charge in [0.2, 0.25) is 0 Å². The number of hydrogen-bond donors (Lipinski definition) is 0. The van der Waals surface area contributed by atoms with Crippen LogP contribution in [0, 0.1) is 0 Å². The molecule has 0 bridgehead atoms. The van der Waals surface area contributed by atoms with Crippen LogP contribution in [0.5, 0.6) is 5.75 Å². The predicted molar refractivity (Wildman–Crippen MR) is 71.5 cm³/mol. The maximum Gasteiger partial charge on any atom is 0.276 e. The number of thioether (sulfide) groups is 1. The summed E-state index contributed by atoms with van der Waals surface area (Å²) in [5.41, 5.74) is 0. The van der Waals surface area contributed by atoms with E-state index in [1.54, 1.807) is 12.1 Å². The largest absolute Gasteiger partial charge is 0.482 e. The number of benzene rings is 1. The summed E-state index contributed by atoms with van der Waals surface area (Å²) >= 11 is 7.29. The van der Waals surface area contributed by atoms with Gasteiger partial charge in [-0.15, -0.1) is 10.2 Å². The van der Waals surface area contributed by atoms with E-state index in [1.807, 2.05) is 12.1 Å². The average molecular weight is 299 g/mol. The molecule has 100 valence electrons. The Morgan fingerprint density at radius 1 is 1.37 bits per heavy atom. The summed E-state index contributed by atoms with van der Waals surface area (Å²) in [6.45, 7) is 0.158. The monoisotopic (exact) mass is 298 g/mol. The van der Waals surface area contributed by atoms with E-state index in [2.05, 4.69) is 10.2 Å².